The molecule has 27 heavy (non-hydrogen) atoms. The molecule has 2 heterocycles. The number of pyridine rings is 1. The number of para-hydroxylation sites is 1. The van der Waals surface area contributed by atoms with Gasteiger partial charge in [0.25, 0.3) is 11.5 Å². The van der Waals surface area contributed by atoms with E-state index in [9.17, 15) is 9.59 Å². The van der Waals surface area contributed by atoms with E-state index in [1.807, 2.05) is 54.3 Å². The lowest BCUT2D eigenvalue weighted by Crippen LogP contribution is -2.36. The average molecular weight is 358 g/mol. The minimum absolute atomic E-state index is 0.0549. The number of benzene rings is 2. The summed E-state index contributed by atoms with van der Waals surface area (Å²) in [5.41, 5.74) is 4.82. The number of carbonyl (C=O) groups excluding carboxylic acids is 1. The molecule has 0 unspecified atom stereocenters. The van der Waals surface area contributed by atoms with Gasteiger partial charge in [0.2, 0.25) is 0 Å². The number of carbonyl (C=O) groups is 1. The molecule has 136 valence electrons. The van der Waals surface area contributed by atoms with E-state index < -0.39 is 0 Å². The molecular weight excluding hydrogens is 336 g/mol. The van der Waals surface area contributed by atoms with Crippen molar-refractivity contribution < 1.29 is 4.79 Å². The first kappa shape index (κ1) is 17.3. The predicted octanol–water partition coefficient (Wildman–Crippen LogP) is 3.80. The van der Waals surface area contributed by atoms with Gasteiger partial charge >= 0.3 is 0 Å². The maximum absolute atomic E-state index is 13.2. The molecule has 0 saturated heterocycles. The first-order valence-corrected chi connectivity index (χ1v) is 9.28. The van der Waals surface area contributed by atoms with Crippen molar-refractivity contribution in [2.75, 3.05) is 11.4 Å². The van der Waals surface area contributed by atoms with Crippen LogP contribution in [0.4, 0.5) is 5.69 Å². The van der Waals surface area contributed by atoms with Crippen molar-refractivity contribution in [1.82, 2.24) is 4.57 Å². The molecular formula is C23H22N2O2. The minimum atomic E-state index is -0.103. The number of hydrogen-bond acceptors (Lipinski definition) is 2. The molecule has 0 radical (unpaired) electrons. The Labute approximate surface area is 158 Å². The van der Waals surface area contributed by atoms with Gasteiger partial charge in [0, 0.05) is 24.5 Å². The summed E-state index contributed by atoms with van der Waals surface area (Å²) in [5, 5.41) is 0. The highest BCUT2D eigenvalue weighted by molar-refractivity contribution is 6.06. The van der Waals surface area contributed by atoms with Crippen molar-refractivity contribution in [1.29, 1.82) is 0 Å². The lowest BCUT2D eigenvalue weighted by atomic mass is 10.0. The molecule has 4 heteroatoms. The van der Waals surface area contributed by atoms with E-state index in [4.69, 9.17) is 0 Å². The predicted molar refractivity (Wildman–Crippen MR) is 107 cm³/mol. The maximum atomic E-state index is 13.2. The second-order valence-corrected chi connectivity index (χ2v) is 7.00. The fourth-order valence-corrected chi connectivity index (χ4v) is 3.65. The van der Waals surface area contributed by atoms with Crippen LogP contribution < -0.4 is 10.5 Å². The Morgan fingerprint density at radius 3 is 2.63 bits per heavy atom. The number of nitrogens with zero attached hydrogens (tertiary/aromatic N) is 2. The zero-order valence-electron chi connectivity index (χ0n) is 15.4. The standard InChI is InChI=1S/C23H22N2O2/c1-17-7-2-3-9-19(17)15-24-16-20(12-13-22(24)26)23(27)25-14-6-10-18-8-4-5-11-21(18)25/h2-5,7-9,11-13,16H,6,10,14-15H2,1H3. The quantitative estimate of drug-likeness (QED) is 0.715. The van der Waals surface area contributed by atoms with Crippen LogP contribution in [0.15, 0.2) is 71.7 Å². The van der Waals surface area contributed by atoms with Crippen molar-refractivity contribution in [3.05, 3.63) is 99.5 Å². The molecule has 3 aromatic rings. The first-order chi connectivity index (χ1) is 13.1. The fourth-order valence-electron chi connectivity index (χ4n) is 3.65. The van der Waals surface area contributed by atoms with Gasteiger partial charge in [-0.15, -0.1) is 0 Å². The van der Waals surface area contributed by atoms with E-state index >= 15 is 0 Å². The Morgan fingerprint density at radius 2 is 1.78 bits per heavy atom. The Kier molecular flexibility index (Phi) is 4.63. The SMILES string of the molecule is Cc1ccccc1Cn1cc(C(=O)N2CCCc3ccccc32)ccc1=O. The van der Waals surface area contributed by atoms with Gasteiger partial charge in [-0.25, -0.2) is 0 Å². The second kappa shape index (κ2) is 7.23. The highest BCUT2D eigenvalue weighted by Gasteiger charge is 2.23. The van der Waals surface area contributed by atoms with Crippen LogP contribution in [0.2, 0.25) is 0 Å². The topological polar surface area (TPSA) is 42.3 Å². The zero-order chi connectivity index (χ0) is 18.8. The largest absolute Gasteiger partial charge is 0.310 e. The summed E-state index contributed by atoms with van der Waals surface area (Å²) in [5.74, 6) is -0.0549. The van der Waals surface area contributed by atoms with Gasteiger partial charge in [0.1, 0.15) is 0 Å². The Bertz CT molecular complexity index is 1050. The number of fused-ring (bicyclic) bond motifs is 1. The van der Waals surface area contributed by atoms with E-state index in [0.29, 0.717) is 18.7 Å². The van der Waals surface area contributed by atoms with Crippen LogP contribution in [0.3, 0.4) is 0 Å². The summed E-state index contributed by atoms with van der Waals surface area (Å²) in [4.78, 5) is 27.3. The Balaban J connectivity index is 1.66. The van der Waals surface area contributed by atoms with Crippen LogP contribution in [-0.2, 0) is 13.0 Å². The molecule has 0 spiro atoms. The van der Waals surface area contributed by atoms with Gasteiger partial charge < -0.3 is 9.47 Å². The summed E-state index contributed by atoms with van der Waals surface area (Å²) < 4.78 is 1.62. The first-order valence-electron chi connectivity index (χ1n) is 9.28. The molecule has 2 aromatic carbocycles. The van der Waals surface area contributed by atoms with Gasteiger partial charge in [0.05, 0.1) is 12.1 Å². The lowest BCUT2D eigenvalue weighted by molar-refractivity contribution is 0.0984. The van der Waals surface area contributed by atoms with Gasteiger partial charge in [-0.2, -0.15) is 0 Å². The monoisotopic (exact) mass is 358 g/mol. The van der Waals surface area contributed by atoms with Crippen LogP contribution in [0, 0.1) is 6.92 Å². The molecule has 0 atom stereocenters. The molecule has 4 rings (SSSR count). The second-order valence-electron chi connectivity index (χ2n) is 7.00. The van der Waals surface area contributed by atoms with Crippen molar-refractivity contribution >= 4 is 11.6 Å². The highest BCUT2D eigenvalue weighted by atomic mass is 16.2. The van der Waals surface area contributed by atoms with Crippen LogP contribution in [0.1, 0.15) is 33.5 Å². The molecule has 1 aliphatic heterocycles. The smallest absolute Gasteiger partial charge is 0.259 e. The Morgan fingerprint density at radius 1 is 1.00 bits per heavy atom. The van der Waals surface area contributed by atoms with Crippen LogP contribution in [0.25, 0.3) is 0 Å². The molecule has 1 aliphatic rings. The number of amides is 1. The van der Waals surface area contributed by atoms with E-state index in [0.717, 1.165) is 29.7 Å². The average Bonchev–Trinajstić information content (AvgIpc) is 2.70. The molecule has 4 nitrogen and oxygen atoms in total. The van der Waals surface area contributed by atoms with Crippen LogP contribution >= 0.6 is 0 Å². The number of aryl methyl sites for hydroxylation is 2. The third-order valence-electron chi connectivity index (χ3n) is 5.19. The summed E-state index contributed by atoms with van der Waals surface area (Å²) in [7, 11) is 0. The molecule has 1 amide bonds. The zero-order valence-corrected chi connectivity index (χ0v) is 15.4. The van der Waals surface area contributed by atoms with Gasteiger partial charge in [-0.05, 0) is 48.6 Å². The van der Waals surface area contributed by atoms with E-state index in [-0.39, 0.29) is 11.5 Å². The maximum Gasteiger partial charge on any atom is 0.259 e. The molecule has 0 aliphatic carbocycles. The normalized spacial score (nSPS) is 13.3. The van der Waals surface area contributed by atoms with Gasteiger partial charge in [-0.1, -0.05) is 42.5 Å². The van der Waals surface area contributed by atoms with E-state index in [1.165, 1.54) is 11.6 Å². The van der Waals surface area contributed by atoms with Gasteiger partial charge in [-0.3, -0.25) is 9.59 Å². The lowest BCUT2D eigenvalue weighted by Gasteiger charge is -2.29. The summed E-state index contributed by atoms with van der Waals surface area (Å²) in [6.07, 6.45) is 3.63. The molecule has 0 fully saturated rings. The van der Waals surface area contributed by atoms with Gasteiger partial charge in [0.15, 0.2) is 0 Å². The van der Waals surface area contributed by atoms with Crippen molar-refractivity contribution in [3.8, 4) is 0 Å². The number of anilines is 1. The molecule has 0 saturated carbocycles. The number of hydrogen-bond donors (Lipinski definition) is 0. The van der Waals surface area contributed by atoms with Crippen LogP contribution in [-0.4, -0.2) is 17.0 Å². The summed E-state index contributed by atoms with van der Waals surface area (Å²) >= 11 is 0. The molecule has 1 aromatic heterocycles. The van der Waals surface area contributed by atoms with Crippen molar-refractivity contribution in [2.24, 2.45) is 0 Å². The van der Waals surface area contributed by atoms with Crippen LogP contribution in [0.5, 0.6) is 0 Å². The van der Waals surface area contributed by atoms with E-state index in [2.05, 4.69) is 6.07 Å². The Hall–Kier alpha value is -3.14. The third-order valence-corrected chi connectivity index (χ3v) is 5.19. The fraction of sp³-hybridized carbons (Fsp3) is 0.217. The minimum Gasteiger partial charge on any atom is -0.310 e. The van der Waals surface area contributed by atoms with E-state index in [1.54, 1.807) is 16.8 Å². The molecule has 0 bridgehead atoms. The third kappa shape index (κ3) is 3.43. The van der Waals surface area contributed by atoms with Crippen molar-refractivity contribution in [2.45, 2.75) is 26.3 Å². The number of aromatic nitrogens is 1. The summed E-state index contributed by atoms with van der Waals surface area (Å²) in [6, 6.07) is 19.2. The van der Waals surface area contributed by atoms with Crippen molar-refractivity contribution in [3.63, 3.8) is 0 Å². The number of rotatable bonds is 3. The summed E-state index contributed by atoms with van der Waals surface area (Å²) in [6.45, 7) is 3.19. The molecule has 0 N–H and O–H groups in total. The highest BCUT2D eigenvalue weighted by Crippen LogP contribution is 2.28.